The summed E-state index contributed by atoms with van der Waals surface area (Å²) in [6.07, 6.45) is 0.277. The van der Waals surface area contributed by atoms with Crippen molar-refractivity contribution in [1.29, 1.82) is 0 Å². The lowest BCUT2D eigenvalue weighted by atomic mass is 9.99. The third-order valence-corrected chi connectivity index (χ3v) is 5.81. The van der Waals surface area contributed by atoms with Gasteiger partial charge in [0, 0.05) is 23.1 Å². The predicted molar refractivity (Wildman–Crippen MR) is 147 cm³/mol. The van der Waals surface area contributed by atoms with Crippen molar-refractivity contribution in [2.24, 2.45) is 0 Å². The first-order valence-electron chi connectivity index (χ1n) is 12.5. The number of ether oxygens (including phenoxy) is 3. The molecule has 0 bridgehead atoms. The molecule has 202 valence electrons. The molecule has 0 unspecified atom stereocenters. The molecule has 1 aromatic heterocycles. The number of carbonyl (C=O) groups excluding carboxylic acids is 3. The first kappa shape index (κ1) is 27.4. The molecule has 1 amide bonds. The molecule has 0 aliphatic rings. The first-order valence-corrected chi connectivity index (χ1v) is 12.5. The summed E-state index contributed by atoms with van der Waals surface area (Å²) in [5.41, 5.74) is 4.05. The second kappa shape index (κ2) is 11.9. The first-order chi connectivity index (χ1) is 18.6. The van der Waals surface area contributed by atoms with Crippen molar-refractivity contribution < 1.29 is 33.0 Å². The van der Waals surface area contributed by atoms with Gasteiger partial charge < -0.3 is 23.9 Å². The lowest BCUT2D eigenvalue weighted by Crippen LogP contribution is -2.32. The Morgan fingerprint density at radius 3 is 2.51 bits per heavy atom. The number of esters is 1. The van der Waals surface area contributed by atoms with Crippen LogP contribution in [0.2, 0.25) is 0 Å². The van der Waals surface area contributed by atoms with E-state index in [1.807, 2.05) is 75.4 Å². The minimum Gasteiger partial charge on any atom is -0.489 e. The van der Waals surface area contributed by atoms with Crippen LogP contribution in [0.5, 0.6) is 5.75 Å². The summed E-state index contributed by atoms with van der Waals surface area (Å²) < 4.78 is 22.1. The van der Waals surface area contributed by atoms with Crippen molar-refractivity contribution in [3.63, 3.8) is 0 Å². The van der Waals surface area contributed by atoms with E-state index >= 15 is 0 Å². The summed E-state index contributed by atoms with van der Waals surface area (Å²) in [4.78, 5) is 35.4. The number of nitrogens with one attached hydrogen (secondary N) is 1. The standard InChI is InChI=1S/C31H31NO7/c1-31(2,3)39-30(35)32-17-20-8-7-10-22(12-20)26-14-21(13-24-15-25(18-33)38-29(24)26)19-37-27-11-6-5-9-23(27)16-28(34)36-4/h5-15,18H,16-17,19H2,1-4H3,(H,32,35). The third kappa shape index (κ3) is 7.25. The molecule has 0 saturated heterocycles. The van der Waals surface area contributed by atoms with Crippen LogP contribution in [0.25, 0.3) is 22.1 Å². The van der Waals surface area contributed by atoms with Crippen LogP contribution < -0.4 is 10.1 Å². The van der Waals surface area contributed by atoms with E-state index in [9.17, 15) is 14.4 Å². The number of alkyl carbamates (subject to hydrolysis) is 1. The highest BCUT2D eigenvalue weighted by molar-refractivity contribution is 5.96. The van der Waals surface area contributed by atoms with E-state index in [0.717, 1.165) is 33.2 Å². The molecule has 0 aliphatic carbocycles. The number of hydrogen-bond acceptors (Lipinski definition) is 7. The van der Waals surface area contributed by atoms with E-state index in [-0.39, 0.29) is 31.3 Å². The molecule has 1 heterocycles. The van der Waals surface area contributed by atoms with E-state index in [4.69, 9.17) is 18.6 Å². The molecule has 3 aromatic carbocycles. The highest BCUT2D eigenvalue weighted by atomic mass is 16.6. The van der Waals surface area contributed by atoms with Gasteiger partial charge in [-0.3, -0.25) is 9.59 Å². The molecule has 0 aliphatic heterocycles. The monoisotopic (exact) mass is 529 g/mol. The molecule has 0 saturated carbocycles. The number of hydrogen-bond donors (Lipinski definition) is 1. The van der Waals surface area contributed by atoms with Crippen LogP contribution >= 0.6 is 0 Å². The van der Waals surface area contributed by atoms with Gasteiger partial charge in [-0.1, -0.05) is 36.4 Å². The molecule has 4 rings (SSSR count). The largest absolute Gasteiger partial charge is 0.489 e. The van der Waals surface area contributed by atoms with E-state index in [0.29, 0.717) is 17.6 Å². The Morgan fingerprint density at radius 2 is 1.77 bits per heavy atom. The molecule has 1 N–H and O–H groups in total. The topological polar surface area (TPSA) is 104 Å². The van der Waals surface area contributed by atoms with Crippen molar-refractivity contribution in [2.45, 2.75) is 45.9 Å². The van der Waals surface area contributed by atoms with Crippen LogP contribution in [-0.2, 0) is 33.8 Å². The summed E-state index contributed by atoms with van der Waals surface area (Å²) >= 11 is 0. The highest BCUT2D eigenvalue weighted by Gasteiger charge is 2.17. The van der Waals surface area contributed by atoms with E-state index < -0.39 is 11.7 Å². The Balaban J connectivity index is 1.61. The smallest absolute Gasteiger partial charge is 0.407 e. The number of amides is 1. The number of fused-ring (bicyclic) bond motifs is 1. The van der Waals surface area contributed by atoms with Crippen LogP contribution in [0.1, 0.15) is 48.0 Å². The van der Waals surface area contributed by atoms with Gasteiger partial charge in [0.1, 0.15) is 23.5 Å². The van der Waals surface area contributed by atoms with Gasteiger partial charge in [-0.15, -0.1) is 0 Å². The molecule has 0 radical (unpaired) electrons. The lowest BCUT2D eigenvalue weighted by molar-refractivity contribution is -0.139. The van der Waals surface area contributed by atoms with Gasteiger partial charge in [0.2, 0.25) is 0 Å². The van der Waals surface area contributed by atoms with Gasteiger partial charge in [-0.2, -0.15) is 0 Å². The van der Waals surface area contributed by atoms with Gasteiger partial charge in [-0.25, -0.2) is 4.79 Å². The zero-order valence-electron chi connectivity index (χ0n) is 22.4. The fraction of sp³-hybridized carbons (Fsp3) is 0.258. The van der Waals surface area contributed by atoms with Gasteiger partial charge in [0.05, 0.1) is 13.5 Å². The van der Waals surface area contributed by atoms with Crippen LogP contribution in [0.15, 0.2) is 71.1 Å². The molecule has 4 aromatic rings. The average Bonchev–Trinajstić information content (AvgIpc) is 3.33. The summed E-state index contributed by atoms with van der Waals surface area (Å²) in [6, 6.07) is 20.5. The summed E-state index contributed by atoms with van der Waals surface area (Å²) in [5.74, 6) is 0.451. The lowest BCUT2D eigenvalue weighted by Gasteiger charge is -2.19. The van der Waals surface area contributed by atoms with Crippen LogP contribution in [-0.4, -0.2) is 31.1 Å². The third-order valence-electron chi connectivity index (χ3n) is 5.81. The van der Waals surface area contributed by atoms with Gasteiger partial charge in [0.25, 0.3) is 0 Å². The minimum absolute atomic E-state index is 0.103. The fourth-order valence-corrected chi connectivity index (χ4v) is 4.11. The zero-order valence-corrected chi connectivity index (χ0v) is 22.4. The molecule has 39 heavy (non-hydrogen) atoms. The van der Waals surface area contributed by atoms with Crippen molar-refractivity contribution in [2.75, 3.05) is 7.11 Å². The number of aldehydes is 1. The van der Waals surface area contributed by atoms with Crippen molar-refractivity contribution in [1.82, 2.24) is 5.32 Å². The van der Waals surface area contributed by atoms with Crippen LogP contribution in [0.3, 0.4) is 0 Å². The average molecular weight is 530 g/mol. The van der Waals surface area contributed by atoms with E-state index in [1.54, 1.807) is 12.1 Å². The van der Waals surface area contributed by atoms with Gasteiger partial charge in [-0.05, 0) is 67.8 Å². The summed E-state index contributed by atoms with van der Waals surface area (Å²) in [5, 5.41) is 3.53. The molecule has 0 fully saturated rings. The van der Waals surface area contributed by atoms with Crippen molar-refractivity contribution in [3.8, 4) is 16.9 Å². The molecule has 8 nitrogen and oxygen atoms in total. The molecular formula is C31H31NO7. The second-order valence-corrected chi connectivity index (χ2v) is 10.0. The maximum absolute atomic E-state index is 12.1. The second-order valence-electron chi connectivity index (χ2n) is 10.0. The van der Waals surface area contributed by atoms with Gasteiger partial charge >= 0.3 is 12.1 Å². The number of carbonyl (C=O) groups is 3. The predicted octanol–water partition coefficient (Wildman–Crippen LogP) is 6.23. The fourth-order valence-electron chi connectivity index (χ4n) is 4.11. The van der Waals surface area contributed by atoms with Crippen molar-refractivity contribution >= 4 is 29.3 Å². The molecule has 8 heteroatoms. The Bertz CT molecular complexity index is 1500. The highest BCUT2D eigenvalue weighted by Crippen LogP contribution is 2.33. The minimum atomic E-state index is -0.588. The quantitative estimate of drug-likeness (QED) is 0.202. The maximum Gasteiger partial charge on any atom is 0.407 e. The summed E-state index contributed by atoms with van der Waals surface area (Å²) in [6.45, 7) is 5.93. The zero-order chi connectivity index (χ0) is 28.0. The number of benzene rings is 3. The number of furan rings is 1. The Labute approximate surface area is 226 Å². The van der Waals surface area contributed by atoms with Crippen LogP contribution in [0.4, 0.5) is 4.79 Å². The van der Waals surface area contributed by atoms with Crippen molar-refractivity contribution in [3.05, 3.63) is 89.2 Å². The molecular weight excluding hydrogens is 498 g/mol. The Morgan fingerprint density at radius 1 is 0.974 bits per heavy atom. The molecule has 0 atom stereocenters. The normalized spacial score (nSPS) is 11.2. The van der Waals surface area contributed by atoms with E-state index in [1.165, 1.54) is 7.11 Å². The Hall–Kier alpha value is -4.59. The Kier molecular flexibility index (Phi) is 8.34. The SMILES string of the molecule is COC(=O)Cc1ccccc1OCc1cc(-c2cccc(CNC(=O)OC(C)(C)C)c2)c2oc(C=O)cc2c1. The summed E-state index contributed by atoms with van der Waals surface area (Å²) in [7, 11) is 1.35. The number of rotatable bonds is 9. The van der Waals surface area contributed by atoms with Gasteiger partial charge in [0.15, 0.2) is 12.0 Å². The number of methoxy groups -OCH3 is 1. The molecule has 0 spiro atoms. The van der Waals surface area contributed by atoms with E-state index in [2.05, 4.69) is 5.32 Å². The van der Waals surface area contributed by atoms with Crippen LogP contribution in [0, 0.1) is 0 Å². The number of para-hydroxylation sites is 1. The maximum atomic E-state index is 12.1.